The van der Waals surface area contributed by atoms with Crippen LogP contribution < -0.4 is 5.73 Å². The molecule has 0 saturated carbocycles. The Kier molecular flexibility index (Phi) is 5.39. The number of nitrogens with zero attached hydrogens (tertiary/aromatic N) is 1. The quantitative estimate of drug-likeness (QED) is 0.484. The fraction of sp³-hybridized carbons (Fsp3) is 0.0417. The minimum atomic E-state index is -0.506. The van der Waals surface area contributed by atoms with Crippen LogP contribution in [0.1, 0.15) is 26.3 Å². The molecule has 6 nitrogen and oxygen atoms in total. The minimum absolute atomic E-state index is 0.0626. The standard InChI is InChI=1S/C24H18N2O4/c25-22(27)18-12-10-16(11-13-18)15-29-24(28)20-9-5-4-8-19(20)23-26-14-21(30-23)17-6-2-1-3-7-17/h1-14H,15H2,(H2,25,27). The van der Waals surface area contributed by atoms with E-state index in [1.807, 2.05) is 30.3 Å². The first-order chi connectivity index (χ1) is 14.6. The molecule has 0 saturated heterocycles. The first-order valence-electron chi connectivity index (χ1n) is 9.28. The van der Waals surface area contributed by atoms with E-state index >= 15 is 0 Å². The van der Waals surface area contributed by atoms with E-state index in [0.717, 1.165) is 11.1 Å². The molecule has 0 radical (unpaired) electrons. The molecule has 0 bridgehead atoms. The van der Waals surface area contributed by atoms with Gasteiger partial charge in [-0.05, 0) is 29.8 Å². The Labute approximate surface area is 172 Å². The van der Waals surface area contributed by atoms with Crippen molar-refractivity contribution in [1.82, 2.24) is 4.98 Å². The monoisotopic (exact) mass is 398 g/mol. The summed E-state index contributed by atoms with van der Waals surface area (Å²) in [4.78, 5) is 28.2. The number of benzene rings is 3. The van der Waals surface area contributed by atoms with Crippen molar-refractivity contribution in [1.29, 1.82) is 0 Å². The second kappa shape index (κ2) is 8.45. The Morgan fingerprint density at radius 1 is 0.900 bits per heavy atom. The Morgan fingerprint density at radius 3 is 2.33 bits per heavy atom. The molecule has 0 atom stereocenters. The summed E-state index contributed by atoms with van der Waals surface area (Å²) in [7, 11) is 0. The minimum Gasteiger partial charge on any atom is -0.457 e. The summed E-state index contributed by atoms with van der Waals surface area (Å²) < 4.78 is 11.3. The highest BCUT2D eigenvalue weighted by atomic mass is 16.5. The summed E-state index contributed by atoms with van der Waals surface area (Å²) in [6, 6.07) is 23.2. The van der Waals surface area contributed by atoms with E-state index in [4.69, 9.17) is 14.9 Å². The normalized spacial score (nSPS) is 10.5. The number of ether oxygens (including phenoxy) is 1. The van der Waals surface area contributed by atoms with Crippen LogP contribution in [-0.4, -0.2) is 16.9 Å². The lowest BCUT2D eigenvalue weighted by atomic mass is 10.1. The predicted molar refractivity (Wildman–Crippen MR) is 111 cm³/mol. The van der Waals surface area contributed by atoms with Gasteiger partial charge in [-0.25, -0.2) is 9.78 Å². The van der Waals surface area contributed by atoms with Crippen molar-refractivity contribution in [2.24, 2.45) is 5.73 Å². The summed E-state index contributed by atoms with van der Waals surface area (Å²) in [5.74, 6) is -0.0483. The van der Waals surface area contributed by atoms with Crippen molar-refractivity contribution in [3.8, 4) is 22.8 Å². The summed E-state index contributed by atoms with van der Waals surface area (Å²) in [6.45, 7) is 0.0626. The number of carbonyl (C=O) groups is 2. The maximum Gasteiger partial charge on any atom is 0.339 e. The van der Waals surface area contributed by atoms with Crippen molar-refractivity contribution in [3.05, 3.63) is 102 Å². The molecule has 1 heterocycles. The van der Waals surface area contributed by atoms with Crippen molar-refractivity contribution in [3.63, 3.8) is 0 Å². The Hall–Kier alpha value is -4.19. The third-order valence-corrected chi connectivity index (χ3v) is 4.55. The number of nitrogens with two attached hydrogens (primary N) is 1. The highest BCUT2D eigenvalue weighted by Crippen LogP contribution is 2.28. The van der Waals surface area contributed by atoms with Gasteiger partial charge in [-0.15, -0.1) is 0 Å². The van der Waals surface area contributed by atoms with Crippen LogP contribution in [0.5, 0.6) is 0 Å². The molecule has 4 aromatic rings. The highest BCUT2D eigenvalue weighted by Gasteiger charge is 2.18. The van der Waals surface area contributed by atoms with Gasteiger partial charge in [0.15, 0.2) is 5.76 Å². The van der Waals surface area contributed by atoms with Crippen LogP contribution in [0.25, 0.3) is 22.8 Å². The van der Waals surface area contributed by atoms with Crippen molar-refractivity contribution < 1.29 is 18.7 Å². The molecule has 0 aliphatic heterocycles. The van der Waals surface area contributed by atoms with E-state index in [1.54, 1.807) is 54.7 Å². The van der Waals surface area contributed by atoms with Crippen LogP contribution >= 0.6 is 0 Å². The van der Waals surface area contributed by atoms with E-state index in [1.165, 1.54) is 0 Å². The number of hydrogen-bond donors (Lipinski definition) is 1. The molecule has 2 N–H and O–H groups in total. The Morgan fingerprint density at radius 2 is 1.60 bits per heavy atom. The molecule has 6 heteroatoms. The molecule has 0 aliphatic carbocycles. The number of aromatic nitrogens is 1. The van der Waals surface area contributed by atoms with Crippen LogP contribution in [-0.2, 0) is 11.3 Å². The number of hydrogen-bond acceptors (Lipinski definition) is 5. The topological polar surface area (TPSA) is 95.4 Å². The third-order valence-electron chi connectivity index (χ3n) is 4.55. The molecule has 0 fully saturated rings. The summed E-state index contributed by atoms with van der Waals surface area (Å²) in [5, 5.41) is 0. The third kappa shape index (κ3) is 4.12. The number of primary amides is 1. The molecule has 1 amide bonds. The molecule has 0 aliphatic rings. The van der Waals surface area contributed by atoms with Gasteiger partial charge in [0, 0.05) is 11.1 Å². The van der Waals surface area contributed by atoms with E-state index in [-0.39, 0.29) is 6.61 Å². The Balaban J connectivity index is 1.52. The van der Waals surface area contributed by atoms with Gasteiger partial charge in [0.2, 0.25) is 11.8 Å². The van der Waals surface area contributed by atoms with Crippen LogP contribution in [0.3, 0.4) is 0 Å². The second-order valence-corrected chi connectivity index (χ2v) is 6.58. The van der Waals surface area contributed by atoms with E-state index in [0.29, 0.717) is 28.3 Å². The van der Waals surface area contributed by atoms with Crippen LogP contribution in [0.4, 0.5) is 0 Å². The SMILES string of the molecule is NC(=O)c1ccc(COC(=O)c2ccccc2-c2ncc(-c3ccccc3)o2)cc1. The predicted octanol–water partition coefficient (Wildman–Crippen LogP) is 4.46. The highest BCUT2D eigenvalue weighted by molar-refractivity contribution is 5.96. The molecule has 0 unspecified atom stereocenters. The maximum atomic E-state index is 12.7. The van der Waals surface area contributed by atoms with Crippen molar-refractivity contribution >= 4 is 11.9 Å². The van der Waals surface area contributed by atoms with E-state index in [2.05, 4.69) is 4.98 Å². The fourth-order valence-corrected chi connectivity index (χ4v) is 2.97. The summed E-state index contributed by atoms with van der Waals surface area (Å²) in [5.41, 5.74) is 8.18. The average Bonchev–Trinajstić information content (AvgIpc) is 3.28. The van der Waals surface area contributed by atoms with Gasteiger partial charge in [0.25, 0.3) is 0 Å². The largest absolute Gasteiger partial charge is 0.457 e. The van der Waals surface area contributed by atoms with Crippen molar-refractivity contribution in [2.45, 2.75) is 6.61 Å². The van der Waals surface area contributed by atoms with E-state index < -0.39 is 11.9 Å². The molecule has 148 valence electrons. The number of amides is 1. The van der Waals surface area contributed by atoms with Gasteiger partial charge in [-0.1, -0.05) is 54.6 Å². The maximum absolute atomic E-state index is 12.7. The zero-order valence-electron chi connectivity index (χ0n) is 15.9. The first-order valence-corrected chi connectivity index (χ1v) is 9.28. The van der Waals surface area contributed by atoms with Gasteiger partial charge >= 0.3 is 5.97 Å². The number of rotatable bonds is 6. The van der Waals surface area contributed by atoms with Crippen molar-refractivity contribution in [2.75, 3.05) is 0 Å². The molecular formula is C24H18N2O4. The zero-order chi connectivity index (χ0) is 20.9. The second-order valence-electron chi connectivity index (χ2n) is 6.58. The fourth-order valence-electron chi connectivity index (χ4n) is 2.97. The van der Waals surface area contributed by atoms with Gasteiger partial charge in [0.1, 0.15) is 6.61 Å². The average molecular weight is 398 g/mol. The molecule has 4 rings (SSSR count). The van der Waals surface area contributed by atoms with Gasteiger partial charge < -0.3 is 14.9 Å². The van der Waals surface area contributed by atoms with Gasteiger partial charge in [0.05, 0.1) is 17.3 Å². The molecule has 3 aromatic carbocycles. The molecular weight excluding hydrogens is 380 g/mol. The number of esters is 1. The molecule has 0 spiro atoms. The molecule has 30 heavy (non-hydrogen) atoms. The smallest absolute Gasteiger partial charge is 0.339 e. The first kappa shape index (κ1) is 19.1. The van der Waals surface area contributed by atoms with Gasteiger partial charge in [-0.2, -0.15) is 0 Å². The zero-order valence-corrected chi connectivity index (χ0v) is 15.9. The lowest BCUT2D eigenvalue weighted by molar-refractivity contribution is 0.0473. The summed E-state index contributed by atoms with van der Waals surface area (Å²) in [6.07, 6.45) is 1.63. The van der Waals surface area contributed by atoms with E-state index in [9.17, 15) is 9.59 Å². The lowest BCUT2D eigenvalue weighted by Gasteiger charge is -2.08. The number of oxazole rings is 1. The van der Waals surface area contributed by atoms with Gasteiger partial charge in [-0.3, -0.25) is 4.79 Å². The number of carbonyl (C=O) groups excluding carboxylic acids is 2. The van der Waals surface area contributed by atoms with Crippen LogP contribution in [0.2, 0.25) is 0 Å². The van der Waals surface area contributed by atoms with Crippen LogP contribution in [0.15, 0.2) is 89.5 Å². The summed E-state index contributed by atoms with van der Waals surface area (Å²) >= 11 is 0. The van der Waals surface area contributed by atoms with Crippen LogP contribution in [0, 0.1) is 0 Å². The molecule has 1 aromatic heterocycles. The lowest BCUT2D eigenvalue weighted by Crippen LogP contribution is -2.11. The Bertz CT molecular complexity index is 1180.